The van der Waals surface area contributed by atoms with Crippen molar-refractivity contribution in [3.8, 4) is 5.75 Å². The molecule has 10 heteroatoms. The number of methoxy groups -OCH3 is 1. The zero-order valence-electron chi connectivity index (χ0n) is 18.7. The van der Waals surface area contributed by atoms with Crippen LogP contribution in [0.4, 0.5) is 10.5 Å². The standard InChI is InChI=1S/C22H30N4O6/c1-4-32-22(30)25-11-9-24(10-12-25)21(29)15(2)23-20(28)16-13-19(27)26(14-16)17-5-7-18(31-3)8-6-17/h5-8,15-16H,4,9-14H2,1-3H3,(H,23,28)/t15-,16+/m0/s1. The molecule has 2 atom stereocenters. The Kier molecular flexibility index (Phi) is 7.55. The van der Waals surface area contributed by atoms with Crippen LogP contribution in [0.5, 0.6) is 5.75 Å². The predicted octanol–water partition coefficient (Wildman–Crippen LogP) is 0.854. The number of nitrogens with one attached hydrogen (secondary N) is 1. The van der Waals surface area contributed by atoms with Gasteiger partial charge in [0.25, 0.3) is 0 Å². The van der Waals surface area contributed by atoms with Gasteiger partial charge in [-0.15, -0.1) is 0 Å². The van der Waals surface area contributed by atoms with Crippen molar-refractivity contribution in [3.05, 3.63) is 24.3 Å². The highest BCUT2D eigenvalue weighted by Gasteiger charge is 2.36. The third kappa shape index (κ3) is 5.30. The first-order chi connectivity index (χ1) is 15.3. The van der Waals surface area contributed by atoms with Gasteiger partial charge in [-0.1, -0.05) is 0 Å². The number of hydrogen-bond acceptors (Lipinski definition) is 6. The summed E-state index contributed by atoms with van der Waals surface area (Å²) in [5.41, 5.74) is 0.703. The second-order valence-corrected chi connectivity index (χ2v) is 7.84. The topological polar surface area (TPSA) is 108 Å². The Balaban J connectivity index is 1.50. The van der Waals surface area contributed by atoms with Gasteiger partial charge in [-0.3, -0.25) is 14.4 Å². The number of nitrogens with zero attached hydrogens (tertiary/aromatic N) is 3. The Bertz CT molecular complexity index is 850. The monoisotopic (exact) mass is 446 g/mol. The van der Waals surface area contributed by atoms with Gasteiger partial charge in [0.2, 0.25) is 17.7 Å². The number of hydrogen-bond donors (Lipinski definition) is 1. The van der Waals surface area contributed by atoms with Crippen LogP contribution in [-0.2, 0) is 19.1 Å². The van der Waals surface area contributed by atoms with Crippen molar-refractivity contribution in [2.45, 2.75) is 26.3 Å². The summed E-state index contributed by atoms with van der Waals surface area (Å²) in [6.45, 7) is 5.48. The molecule has 0 radical (unpaired) electrons. The number of amides is 4. The maximum Gasteiger partial charge on any atom is 0.409 e. The van der Waals surface area contributed by atoms with Gasteiger partial charge in [0.05, 0.1) is 19.6 Å². The first kappa shape index (κ1) is 23.4. The van der Waals surface area contributed by atoms with E-state index < -0.39 is 12.0 Å². The van der Waals surface area contributed by atoms with Crippen molar-refractivity contribution in [2.24, 2.45) is 5.92 Å². The maximum absolute atomic E-state index is 12.7. The average molecular weight is 447 g/mol. The molecule has 0 saturated carbocycles. The molecule has 10 nitrogen and oxygen atoms in total. The summed E-state index contributed by atoms with van der Waals surface area (Å²) in [5, 5.41) is 2.75. The van der Waals surface area contributed by atoms with Crippen LogP contribution in [0.3, 0.4) is 0 Å². The summed E-state index contributed by atoms with van der Waals surface area (Å²) in [7, 11) is 1.57. The summed E-state index contributed by atoms with van der Waals surface area (Å²) >= 11 is 0. The Labute approximate surface area is 187 Å². The number of benzene rings is 1. The Morgan fingerprint density at radius 1 is 1.09 bits per heavy atom. The summed E-state index contributed by atoms with van der Waals surface area (Å²) in [6, 6.07) is 6.36. The molecule has 2 saturated heterocycles. The summed E-state index contributed by atoms with van der Waals surface area (Å²) in [4.78, 5) is 54.5. The molecule has 2 aliphatic rings. The lowest BCUT2D eigenvalue weighted by atomic mass is 10.1. The van der Waals surface area contributed by atoms with Crippen molar-refractivity contribution >= 4 is 29.5 Å². The maximum atomic E-state index is 12.7. The quantitative estimate of drug-likeness (QED) is 0.694. The van der Waals surface area contributed by atoms with Gasteiger partial charge in [0.15, 0.2) is 0 Å². The fourth-order valence-electron chi connectivity index (χ4n) is 3.89. The van der Waals surface area contributed by atoms with E-state index in [2.05, 4.69) is 5.32 Å². The molecule has 0 unspecified atom stereocenters. The van der Waals surface area contributed by atoms with Gasteiger partial charge in [0.1, 0.15) is 11.8 Å². The lowest BCUT2D eigenvalue weighted by Crippen LogP contribution is -2.55. The van der Waals surface area contributed by atoms with Crippen LogP contribution < -0.4 is 15.0 Å². The molecule has 2 heterocycles. The Hall–Kier alpha value is -3.30. The summed E-state index contributed by atoms with van der Waals surface area (Å²) in [6.07, 6.45) is -0.287. The Morgan fingerprint density at radius 3 is 2.31 bits per heavy atom. The molecular weight excluding hydrogens is 416 g/mol. The van der Waals surface area contributed by atoms with E-state index >= 15 is 0 Å². The van der Waals surface area contributed by atoms with Gasteiger partial charge in [0, 0.05) is 44.8 Å². The zero-order chi connectivity index (χ0) is 23.3. The molecule has 0 aliphatic carbocycles. The minimum absolute atomic E-state index is 0.0942. The number of rotatable bonds is 6. The van der Waals surface area contributed by atoms with Crippen molar-refractivity contribution in [2.75, 3.05) is 51.3 Å². The van der Waals surface area contributed by atoms with Crippen LogP contribution in [0.25, 0.3) is 0 Å². The molecule has 3 rings (SSSR count). The van der Waals surface area contributed by atoms with Gasteiger partial charge in [-0.05, 0) is 38.1 Å². The highest BCUT2D eigenvalue weighted by molar-refractivity contribution is 6.01. The molecule has 32 heavy (non-hydrogen) atoms. The van der Waals surface area contributed by atoms with Crippen LogP contribution >= 0.6 is 0 Å². The normalized spacial score (nSPS) is 19.5. The van der Waals surface area contributed by atoms with Crippen LogP contribution in [0.1, 0.15) is 20.3 Å². The smallest absolute Gasteiger partial charge is 0.409 e. The third-order valence-corrected chi connectivity index (χ3v) is 5.73. The fraction of sp³-hybridized carbons (Fsp3) is 0.545. The van der Waals surface area contributed by atoms with Crippen molar-refractivity contribution in [1.82, 2.24) is 15.1 Å². The van der Waals surface area contributed by atoms with E-state index in [1.54, 1.807) is 59.9 Å². The van der Waals surface area contributed by atoms with Crippen LogP contribution in [-0.4, -0.2) is 86.1 Å². The van der Waals surface area contributed by atoms with Crippen LogP contribution in [0.15, 0.2) is 24.3 Å². The molecular formula is C22H30N4O6. The molecule has 4 amide bonds. The number of anilines is 1. The highest BCUT2D eigenvalue weighted by atomic mass is 16.6. The van der Waals surface area contributed by atoms with Gasteiger partial charge >= 0.3 is 6.09 Å². The van der Waals surface area contributed by atoms with Gasteiger partial charge < -0.3 is 29.5 Å². The molecule has 0 spiro atoms. The number of piperazine rings is 1. The van der Waals surface area contributed by atoms with E-state index in [4.69, 9.17) is 9.47 Å². The lowest BCUT2D eigenvalue weighted by Gasteiger charge is -2.35. The zero-order valence-corrected chi connectivity index (χ0v) is 18.7. The van der Waals surface area contributed by atoms with E-state index in [0.29, 0.717) is 44.2 Å². The second-order valence-electron chi connectivity index (χ2n) is 7.84. The number of ether oxygens (including phenoxy) is 2. The molecule has 0 aromatic heterocycles. The van der Waals surface area contributed by atoms with Gasteiger partial charge in [-0.25, -0.2) is 4.79 Å². The molecule has 1 N–H and O–H groups in total. The molecule has 1 aromatic rings. The van der Waals surface area contributed by atoms with Crippen molar-refractivity contribution in [3.63, 3.8) is 0 Å². The summed E-state index contributed by atoms with van der Waals surface area (Å²) in [5.74, 6) is -0.506. The van der Waals surface area contributed by atoms with Crippen LogP contribution in [0.2, 0.25) is 0 Å². The first-order valence-electron chi connectivity index (χ1n) is 10.8. The minimum Gasteiger partial charge on any atom is -0.497 e. The fourth-order valence-corrected chi connectivity index (χ4v) is 3.89. The van der Waals surface area contributed by atoms with E-state index in [-0.39, 0.29) is 36.8 Å². The SMILES string of the molecule is CCOC(=O)N1CCN(C(=O)[C@H](C)NC(=O)[C@@H]2CC(=O)N(c3ccc(OC)cc3)C2)CC1. The van der Waals surface area contributed by atoms with E-state index in [1.807, 2.05) is 0 Å². The first-order valence-corrected chi connectivity index (χ1v) is 10.8. The largest absolute Gasteiger partial charge is 0.497 e. The predicted molar refractivity (Wildman–Crippen MR) is 116 cm³/mol. The van der Waals surface area contributed by atoms with Crippen molar-refractivity contribution < 1.29 is 28.7 Å². The van der Waals surface area contributed by atoms with E-state index in [0.717, 1.165) is 0 Å². The third-order valence-electron chi connectivity index (χ3n) is 5.73. The highest BCUT2D eigenvalue weighted by Crippen LogP contribution is 2.27. The van der Waals surface area contributed by atoms with E-state index in [1.165, 1.54) is 0 Å². The van der Waals surface area contributed by atoms with E-state index in [9.17, 15) is 19.2 Å². The Morgan fingerprint density at radius 2 is 1.72 bits per heavy atom. The number of carbonyl (C=O) groups is 4. The van der Waals surface area contributed by atoms with Gasteiger partial charge in [-0.2, -0.15) is 0 Å². The van der Waals surface area contributed by atoms with Crippen LogP contribution in [0, 0.1) is 5.92 Å². The summed E-state index contributed by atoms with van der Waals surface area (Å²) < 4.78 is 10.1. The second kappa shape index (κ2) is 10.3. The number of carbonyl (C=O) groups excluding carboxylic acids is 4. The average Bonchev–Trinajstić information content (AvgIpc) is 3.20. The molecule has 1 aromatic carbocycles. The molecule has 2 aliphatic heterocycles. The van der Waals surface area contributed by atoms with Crippen molar-refractivity contribution in [1.29, 1.82) is 0 Å². The minimum atomic E-state index is -0.721. The molecule has 0 bridgehead atoms. The molecule has 2 fully saturated rings. The molecule has 174 valence electrons. The lowest BCUT2D eigenvalue weighted by molar-refractivity contribution is -0.138.